The fraction of sp³-hybridized carbons (Fsp3) is 0.778. The highest BCUT2D eigenvalue weighted by Crippen LogP contribution is 2.34. The summed E-state index contributed by atoms with van der Waals surface area (Å²) in [6, 6.07) is 2.17. The maximum absolute atomic E-state index is 10.3. The van der Waals surface area contributed by atoms with Gasteiger partial charge in [-0.1, -0.05) is 27.7 Å². The van der Waals surface area contributed by atoms with Gasteiger partial charge in [0.1, 0.15) is 5.82 Å². The van der Waals surface area contributed by atoms with Crippen molar-refractivity contribution in [2.24, 2.45) is 17.8 Å². The molecule has 0 aromatic carbocycles. The fourth-order valence-corrected chi connectivity index (χ4v) is 3.41. The van der Waals surface area contributed by atoms with Crippen LogP contribution >= 0.6 is 0 Å². The van der Waals surface area contributed by atoms with Crippen molar-refractivity contribution in [2.75, 3.05) is 13.2 Å². The summed E-state index contributed by atoms with van der Waals surface area (Å²) in [7, 11) is 0. The van der Waals surface area contributed by atoms with Crippen molar-refractivity contribution in [1.82, 2.24) is 15.3 Å². The number of aliphatic hydroxyl groups is 2. The molecule has 23 heavy (non-hydrogen) atoms. The average Bonchev–Trinajstić information content (AvgIpc) is 2.80. The van der Waals surface area contributed by atoms with Gasteiger partial charge in [-0.25, -0.2) is 9.97 Å². The SMILES string of the molecule is CC(C)CN[C@@H]1C[C@@H](O)[C@H](CO)[C@H]1Cc1ccnc(C(C)C)n1. The molecule has 1 heterocycles. The van der Waals surface area contributed by atoms with Crippen molar-refractivity contribution >= 4 is 0 Å². The largest absolute Gasteiger partial charge is 0.396 e. The van der Waals surface area contributed by atoms with Gasteiger partial charge >= 0.3 is 0 Å². The van der Waals surface area contributed by atoms with Gasteiger partial charge in [-0.05, 0) is 37.3 Å². The van der Waals surface area contributed by atoms with Crippen LogP contribution in [0.1, 0.15) is 51.6 Å². The van der Waals surface area contributed by atoms with Gasteiger partial charge in [-0.2, -0.15) is 0 Å². The zero-order chi connectivity index (χ0) is 17.0. The van der Waals surface area contributed by atoms with E-state index in [4.69, 9.17) is 0 Å². The van der Waals surface area contributed by atoms with E-state index in [2.05, 4.69) is 43.0 Å². The van der Waals surface area contributed by atoms with Crippen LogP contribution in [0.3, 0.4) is 0 Å². The van der Waals surface area contributed by atoms with Gasteiger partial charge in [-0.3, -0.25) is 0 Å². The summed E-state index contributed by atoms with van der Waals surface area (Å²) in [5.74, 6) is 1.83. The predicted molar refractivity (Wildman–Crippen MR) is 91.1 cm³/mol. The van der Waals surface area contributed by atoms with Crippen molar-refractivity contribution in [3.05, 3.63) is 23.8 Å². The summed E-state index contributed by atoms with van der Waals surface area (Å²) in [6.07, 6.45) is 2.83. The molecule has 1 aliphatic carbocycles. The zero-order valence-electron chi connectivity index (χ0n) is 14.7. The molecule has 3 N–H and O–H groups in total. The van der Waals surface area contributed by atoms with Gasteiger partial charge < -0.3 is 15.5 Å². The number of nitrogens with zero attached hydrogens (tertiary/aromatic N) is 2. The minimum atomic E-state index is -0.443. The molecule has 1 saturated carbocycles. The molecule has 5 heteroatoms. The van der Waals surface area contributed by atoms with Crippen LogP contribution < -0.4 is 5.32 Å². The minimum Gasteiger partial charge on any atom is -0.396 e. The summed E-state index contributed by atoms with van der Waals surface area (Å²) >= 11 is 0. The normalized spacial score (nSPS) is 28.0. The van der Waals surface area contributed by atoms with Crippen LogP contribution in [0.15, 0.2) is 12.3 Å². The Bertz CT molecular complexity index is 493. The van der Waals surface area contributed by atoms with Crippen LogP contribution in [0.25, 0.3) is 0 Å². The van der Waals surface area contributed by atoms with Crippen molar-refractivity contribution < 1.29 is 10.2 Å². The lowest BCUT2D eigenvalue weighted by Gasteiger charge is -2.25. The van der Waals surface area contributed by atoms with E-state index in [-0.39, 0.29) is 24.5 Å². The second kappa shape index (κ2) is 8.18. The van der Waals surface area contributed by atoms with Crippen LogP contribution in [0, 0.1) is 17.8 Å². The number of hydrogen-bond acceptors (Lipinski definition) is 5. The van der Waals surface area contributed by atoms with Crippen molar-refractivity contribution in [3.63, 3.8) is 0 Å². The van der Waals surface area contributed by atoms with Crippen molar-refractivity contribution in [1.29, 1.82) is 0 Å². The highest BCUT2D eigenvalue weighted by molar-refractivity contribution is 5.09. The molecule has 4 atom stereocenters. The Morgan fingerprint density at radius 3 is 2.61 bits per heavy atom. The number of rotatable bonds is 7. The second-order valence-corrected chi connectivity index (χ2v) is 7.49. The fourth-order valence-electron chi connectivity index (χ4n) is 3.41. The molecule has 1 fully saturated rings. The Labute approximate surface area is 139 Å². The molecule has 1 aromatic heterocycles. The first-order valence-electron chi connectivity index (χ1n) is 8.76. The van der Waals surface area contributed by atoms with Gasteiger partial charge in [0.05, 0.1) is 6.10 Å². The van der Waals surface area contributed by atoms with E-state index in [0.717, 1.165) is 24.5 Å². The van der Waals surface area contributed by atoms with Crippen LogP contribution in [-0.2, 0) is 6.42 Å². The van der Waals surface area contributed by atoms with E-state index in [9.17, 15) is 10.2 Å². The third-order valence-electron chi connectivity index (χ3n) is 4.75. The van der Waals surface area contributed by atoms with Gasteiger partial charge in [0, 0.05) is 36.4 Å². The molecule has 0 amide bonds. The van der Waals surface area contributed by atoms with Gasteiger partial charge in [0.15, 0.2) is 0 Å². The average molecular weight is 321 g/mol. The molecule has 0 radical (unpaired) electrons. The highest BCUT2D eigenvalue weighted by Gasteiger charge is 2.42. The van der Waals surface area contributed by atoms with Gasteiger partial charge in [-0.15, -0.1) is 0 Å². The lowest BCUT2D eigenvalue weighted by molar-refractivity contribution is 0.0716. The molecular weight excluding hydrogens is 290 g/mol. The third kappa shape index (κ3) is 4.72. The smallest absolute Gasteiger partial charge is 0.131 e. The zero-order valence-corrected chi connectivity index (χ0v) is 14.7. The topological polar surface area (TPSA) is 78.3 Å². The first-order chi connectivity index (χ1) is 10.9. The molecule has 5 nitrogen and oxygen atoms in total. The molecule has 0 saturated heterocycles. The Morgan fingerprint density at radius 2 is 2.00 bits per heavy atom. The highest BCUT2D eigenvalue weighted by atomic mass is 16.3. The monoisotopic (exact) mass is 321 g/mol. The van der Waals surface area contributed by atoms with Crippen LogP contribution in [0.2, 0.25) is 0 Å². The molecule has 0 unspecified atom stereocenters. The summed E-state index contributed by atoms with van der Waals surface area (Å²) in [5.41, 5.74) is 0.998. The first-order valence-corrected chi connectivity index (χ1v) is 8.76. The molecule has 130 valence electrons. The number of nitrogens with one attached hydrogen (secondary N) is 1. The Hall–Kier alpha value is -1.04. The van der Waals surface area contributed by atoms with E-state index in [1.165, 1.54) is 0 Å². The van der Waals surface area contributed by atoms with Crippen molar-refractivity contribution in [2.45, 2.75) is 58.6 Å². The Balaban J connectivity index is 2.13. The van der Waals surface area contributed by atoms with Crippen LogP contribution in [-0.4, -0.2) is 45.5 Å². The second-order valence-electron chi connectivity index (χ2n) is 7.49. The Kier molecular flexibility index (Phi) is 6.50. The lowest BCUT2D eigenvalue weighted by Crippen LogP contribution is -2.38. The molecule has 2 rings (SSSR count). The van der Waals surface area contributed by atoms with E-state index in [0.29, 0.717) is 18.3 Å². The van der Waals surface area contributed by atoms with Crippen molar-refractivity contribution in [3.8, 4) is 0 Å². The van der Waals surface area contributed by atoms with Gasteiger partial charge in [0.2, 0.25) is 0 Å². The van der Waals surface area contributed by atoms with E-state index in [1.807, 2.05) is 12.3 Å². The first kappa shape index (κ1) is 18.3. The predicted octanol–water partition coefficient (Wildman–Crippen LogP) is 1.75. The molecule has 1 aromatic rings. The van der Waals surface area contributed by atoms with E-state index >= 15 is 0 Å². The number of aliphatic hydroxyl groups excluding tert-OH is 2. The van der Waals surface area contributed by atoms with Crippen LogP contribution in [0.5, 0.6) is 0 Å². The van der Waals surface area contributed by atoms with E-state index in [1.54, 1.807) is 0 Å². The summed E-state index contributed by atoms with van der Waals surface area (Å²) in [6.45, 7) is 9.47. The lowest BCUT2D eigenvalue weighted by atomic mass is 9.88. The quantitative estimate of drug-likeness (QED) is 0.713. The third-order valence-corrected chi connectivity index (χ3v) is 4.75. The molecule has 1 aliphatic rings. The van der Waals surface area contributed by atoms with Gasteiger partial charge in [0.25, 0.3) is 0 Å². The minimum absolute atomic E-state index is 0.0216. The standard InChI is InChI=1S/C18H31N3O2/c1-11(2)9-20-16-8-17(23)15(10-22)14(16)7-13-5-6-19-18(21-13)12(3)4/h5-6,11-12,14-17,20,22-23H,7-10H2,1-4H3/t14-,15-,16-,17-/m1/s1. The molecule has 0 bridgehead atoms. The number of hydrogen-bond donors (Lipinski definition) is 3. The number of aromatic nitrogens is 2. The summed E-state index contributed by atoms with van der Waals surface area (Å²) in [5, 5.41) is 23.6. The maximum Gasteiger partial charge on any atom is 0.131 e. The molecular formula is C18H31N3O2. The molecule has 0 spiro atoms. The summed E-state index contributed by atoms with van der Waals surface area (Å²) < 4.78 is 0. The molecule has 0 aliphatic heterocycles. The van der Waals surface area contributed by atoms with E-state index < -0.39 is 6.10 Å². The summed E-state index contributed by atoms with van der Waals surface area (Å²) in [4.78, 5) is 8.98. The van der Waals surface area contributed by atoms with Crippen LogP contribution in [0.4, 0.5) is 0 Å². The Morgan fingerprint density at radius 1 is 1.26 bits per heavy atom. The maximum atomic E-state index is 10.3.